The predicted molar refractivity (Wildman–Crippen MR) is 56.6 cm³/mol. The molecule has 0 saturated carbocycles. The van der Waals surface area contributed by atoms with Gasteiger partial charge in [0.2, 0.25) is 0 Å². The van der Waals surface area contributed by atoms with Crippen molar-refractivity contribution < 1.29 is 4.74 Å². The lowest BCUT2D eigenvalue weighted by atomic mass is 10.2. The SMILES string of the molecule is [CH2]C=Cc1ccc(OCCC)cc1. The van der Waals surface area contributed by atoms with E-state index in [1.807, 2.05) is 30.3 Å². The Morgan fingerprint density at radius 3 is 2.54 bits per heavy atom. The fourth-order valence-corrected chi connectivity index (χ4v) is 1.03. The second-order valence-electron chi connectivity index (χ2n) is 2.82. The van der Waals surface area contributed by atoms with Crippen LogP contribution in [0.3, 0.4) is 0 Å². The predicted octanol–water partition coefficient (Wildman–Crippen LogP) is 3.32. The van der Waals surface area contributed by atoms with Gasteiger partial charge in [-0.25, -0.2) is 0 Å². The van der Waals surface area contributed by atoms with Gasteiger partial charge >= 0.3 is 0 Å². The molecular formula is C12H15O. The fraction of sp³-hybridized carbons (Fsp3) is 0.250. The second kappa shape index (κ2) is 5.41. The van der Waals surface area contributed by atoms with Crippen LogP contribution >= 0.6 is 0 Å². The molecule has 0 bridgehead atoms. The third-order valence-corrected chi connectivity index (χ3v) is 1.66. The third kappa shape index (κ3) is 3.32. The smallest absolute Gasteiger partial charge is 0.119 e. The molecule has 0 amide bonds. The van der Waals surface area contributed by atoms with Crippen LogP contribution in [0.1, 0.15) is 18.9 Å². The molecule has 0 atom stereocenters. The zero-order chi connectivity index (χ0) is 9.52. The van der Waals surface area contributed by atoms with E-state index in [0.29, 0.717) is 0 Å². The Morgan fingerprint density at radius 2 is 2.00 bits per heavy atom. The minimum Gasteiger partial charge on any atom is -0.494 e. The first-order valence-corrected chi connectivity index (χ1v) is 4.55. The van der Waals surface area contributed by atoms with Crippen LogP contribution in [0, 0.1) is 6.92 Å². The van der Waals surface area contributed by atoms with Crippen molar-refractivity contribution in [1.82, 2.24) is 0 Å². The van der Waals surface area contributed by atoms with Gasteiger partial charge in [0.1, 0.15) is 5.75 Å². The van der Waals surface area contributed by atoms with E-state index in [9.17, 15) is 0 Å². The van der Waals surface area contributed by atoms with Crippen LogP contribution in [0.25, 0.3) is 6.08 Å². The maximum Gasteiger partial charge on any atom is 0.119 e. The Hall–Kier alpha value is -1.24. The van der Waals surface area contributed by atoms with Crippen LogP contribution in [0.2, 0.25) is 0 Å². The molecule has 0 saturated heterocycles. The molecule has 0 heterocycles. The summed E-state index contributed by atoms with van der Waals surface area (Å²) in [6, 6.07) is 8.00. The van der Waals surface area contributed by atoms with E-state index in [1.165, 1.54) is 0 Å². The third-order valence-electron chi connectivity index (χ3n) is 1.66. The van der Waals surface area contributed by atoms with Crippen molar-refractivity contribution >= 4 is 6.08 Å². The van der Waals surface area contributed by atoms with E-state index in [2.05, 4.69) is 13.8 Å². The molecule has 69 valence electrons. The van der Waals surface area contributed by atoms with Crippen LogP contribution in [-0.4, -0.2) is 6.61 Å². The van der Waals surface area contributed by atoms with E-state index in [4.69, 9.17) is 4.74 Å². The van der Waals surface area contributed by atoms with Crippen LogP contribution in [-0.2, 0) is 0 Å². The van der Waals surface area contributed by atoms with Crippen molar-refractivity contribution in [1.29, 1.82) is 0 Å². The Kier molecular flexibility index (Phi) is 4.10. The summed E-state index contributed by atoms with van der Waals surface area (Å²) in [5, 5.41) is 0. The summed E-state index contributed by atoms with van der Waals surface area (Å²) in [5.74, 6) is 0.933. The van der Waals surface area contributed by atoms with E-state index >= 15 is 0 Å². The first kappa shape index (κ1) is 9.85. The van der Waals surface area contributed by atoms with Gasteiger partial charge in [0.15, 0.2) is 0 Å². The van der Waals surface area contributed by atoms with Gasteiger partial charge in [-0.1, -0.05) is 31.2 Å². The molecule has 1 aromatic carbocycles. The minimum absolute atomic E-state index is 0.782. The van der Waals surface area contributed by atoms with Gasteiger partial charge in [0, 0.05) is 0 Å². The summed E-state index contributed by atoms with van der Waals surface area (Å²) in [6.45, 7) is 6.52. The quantitative estimate of drug-likeness (QED) is 0.682. The highest BCUT2D eigenvalue weighted by Crippen LogP contribution is 2.13. The standard InChI is InChI=1S/C12H15O/c1-3-5-11-6-8-12(9-7-11)13-10-4-2/h3,5-9H,1,4,10H2,2H3. The summed E-state index contributed by atoms with van der Waals surface area (Å²) >= 11 is 0. The first-order valence-electron chi connectivity index (χ1n) is 4.55. The van der Waals surface area contributed by atoms with E-state index in [0.717, 1.165) is 24.3 Å². The second-order valence-corrected chi connectivity index (χ2v) is 2.82. The van der Waals surface area contributed by atoms with Crippen molar-refractivity contribution in [2.75, 3.05) is 6.61 Å². The zero-order valence-electron chi connectivity index (χ0n) is 7.99. The van der Waals surface area contributed by atoms with E-state index < -0.39 is 0 Å². The van der Waals surface area contributed by atoms with Gasteiger partial charge in [-0.3, -0.25) is 0 Å². The molecule has 13 heavy (non-hydrogen) atoms. The van der Waals surface area contributed by atoms with Crippen LogP contribution in [0.5, 0.6) is 5.75 Å². The molecule has 0 fully saturated rings. The number of benzene rings is 1. The molecule has 0 N–H and O–H groups in total. The summed E-state index contributed by atoms with van der Waals surface area (Å²) in [6.07, 6.45) is 4.78. The van der Waals surface area contributed by atoms with Gasteiger partial charge < -0.3 is 4.74 Å². The Morgan fingerprint density at radius 1 is 1.31 bits per heavy atom. The molecular weight excluding hydrogens is 160 g/mol. The van der Waals surface area contributed by atoms with Crippen molar-refractivity contribution in [3.63, 3.8) is 0 Å². The molecule has 1 rings (SSSR count). The average molecular weight is 175 g/mol. The van der Waals surface area contributed by atoms with Gasteiger partial charge in [-0.15, -0.1) is 0 Å². The number of hydrogen-bond acceptors (Lipinski definition) is 1. The Labute approximate surface area is 80.0 Å². The van der Waals surface area contributed by atoms with Crippen LogP contribution in [0.15, 0.2) is 30.3 Å². The van der Waals surface area contributed by atoms with Crippen LogP contribution < -0.4 is 4.74 Å². The van der Waals surface area contributed by atoms with Crippen molar-refractivity contribution in [3.05, 3.63) is 42.8 Å². The number of ether oxygens (including phenoxy) is 1. The van der Waals surface area contributed by atoms with Gasteiger partial charge in [0.25, 0.3) is 0 Å². The molecule has 1 nitrogen and oxygen atoms in total. The van der Waals surface area contributed by atoms with Gasteiger partial charge in [-0.05, 0) is 31.0 Å². The molecule has 0 aliphatic carbocycles. The maximum absolute atomic E-state index is 5.45. The highest BCUT2D eigenvalue weighted by molar-refractivity contribution is 5.50. The molecule has 0 aliphatic rings. The highest BCUT2D eigenvalue weighted by Gasteiger charge is 1.91. The molecule has 0 unspecified atom stereocenters. The lowest BCUT2D eigenvalue weighted by Crippen LogP contribution is -1.94. The lowest BCUT2D eigenvalue weighted by molar-refractivity contribution is 0.317. The average Bonchev–Trinajstić information content (AvgIpc) is 2.17. The van der Waals surface area contributed by atoms with Crippen molar-refractivity contribution in [3.8, 4) is 5.75 Å². The largest absolute Gasteiger partial charge is 0.494 e. The van der Waals surface area contributed by atoms with E-state index in [-0.39, 0.29) is 0 Å². The lowest BCUT2D eigenvalue weighted by Gasteiger charge is -2.03. The summed E-state index contributed by atoms with van der Waals surface area (Å²) in [7, 11) is 0. The highest BCUT2D eigenvalue weighted by atomic mass is 16.5. The van der Waals surface area contributed by atoms with Gasteiger partial charge in [-0.2, -0.15) is 0 Å². The number of rotatable bonds is 4. The fourth-order valence-electron chi connectivity index (χ4n) is 1.03. The van der Waals surface area contributed by atoms with E-state index in [1.54, 1.807) is 6.08 Å². The summed E-state index contributed by atoms with van der Waals surface area (Å²) in [4.78, 5) is 0. The Bertz CT molecular complexity index is 259. The number of allylic oxidation sites excluding steroid dienone is 1. The summed E-state index contributed by atoms with van der Waals surface area (Å²) in [5.41, 5.74) is 1.15. The molecule has 0 aromatic heterocycles. The normalized spacial score (nSPS) is 10.6. The van der Waals surface area contributed by atoms with Crippen molar-refractivity contribution in [2.45, 2.75) is 13.3 Å². The first-order chi connectivity index (χ1) is 6.36. The monoisotopic (exact) mass is 175 g/mol. The molecule has 0 spiro atoms. The molecule has 1 radical (unpaired) electrons. The summed E-state index contributed by atoms with van der Waals surface area (Å²) < 4.78 is 5.45. The molecule has 0 aliphatic heterocycles. The molecule has 1 aromatic rings. The maximum atomic E-state index is 5.45. The zero-order valence-corrected chi connectivity index (χ0v) is 7.99. The van der Waals surface area contributed by atoms with Crippen molar-refractivity contribution in [2.24, 2.45) is 0 Å². The van der Waals surface area contributed by atoms with Crippen LogP contribution in [0.4, 0.5) is 0 Å². The number of hydrogen-bond donors (Lipinski definition) is 0. The topological polar surface area (TPSA) is 9.23 Å². The van der Waals surface area contributed by atoms with Gasteiger partial charge in [0.05, 0.1) is 6.61 Å². The molecule has 1 heteroatoms. The minimum atomic E-state index is 0.782. The Balaban J connectivity index is 2.58.